The SMILES string of the molecule is CCCCCCCCCCCCCCCCNc1ccc(C(=O)OCC=CCO)cc1. The summed E-state index contributed by atoms with van der Waals surface area (Å²) < 4.78 is 5.10. The minimum atomic E-state index is -0.346. The molecule has 0 unspecified atom stereocenters. The molecule has 1 rings (SSSR count). The molecule has 4 nitrogen and oxygen atoms in total. The molecule has 0 amide bonds. The van der Waals surface area contributed by atoms with E-state index < -0.39 is 0 Å². The van der Waals surface area contributed by atoms with E-state index in [1.54, 1.807) is 24.3 Å². The maximum atomic E-state index is 11.9. The van der Waals surface area contributed by atoms with Gasteiger partial charge in [0.15, 0.2) is 0 Å². The van der Waals surface area contributed by atoms with Gasteiger partial charge in [-0.15, -0.1) is 0 Å². The number of hydrogen-bond acceptors (Lipinski definition) is 4. The molecule has 0 atom stereocenters. The van der Waals surface area contributed by atoms with Crippen LogP contribution in [0.4, 0.5) is 5.69 Å². The third kappa shape index (κ3) is 15.6. The first-order valence-corrected chi connectivity index (χ1v) is 12.5. The summed E-state index contributed by atoms with van der Waals surface area (Å²) in [5.41, 5.74) is 1.57. The first-order valence-electron chi connectivity index (χ1n) is 12.5. The Bertz CT molecular complexity index is 568. The van der Waals surface area contributed by atoms with Crippen LogP contribution in [0.2, 0.25) is 0 Å². The minimum Gasteiger partial charge on any atom is -0.458 e. The van der Waals surface area contributed by atoms with Crippen molar-refractivity contribution in [1.29, 1.82) is 0 Å². The van der Waals surface area contributed by atoms with E-state index in [-0.39, 0.29) is 19.2 Å². The van der Waals surface area contributed by atoms with Crippen molar-refractivity contribution >= 4 is 11.7 Å². The second-order valence-electron chi connectivity index (χ2n) is 8.35. The molecule has 0 saturated heterocycles. The Morgan fingerprint density at radius 2 is 1.32 bits per heavy atom. The predicted octanol–water partition coefficient (Wildman–Crippen LogP) is 7.29. The Kier molecular flexibility index (Phi) is 17.7. The number of rotatable bonds is 20. The molecule has 2 N–H and O–H groups in total. The van der Waals surface area contributed by atoms with Crippen LogP contribution in [0.15, 0.2) is 36.4 Å². The molecule has 1 aromatic rings. The topological polar surface area (TPSA) is 58.6 Å². The summed E-state index contributed by atoms with van der Waals surface area (Å²) in [6, 6.07) is 7.41. The van der Waals surface area contributed by atoms with E-state index in [2.05, 4.69) is 12.2 Å². The smallest absolute Gasteiger partial charge is 0.338 e. The Labute approximate surface area is 190 Å². The number of ether oxygens (including phenoxy) is 1. The zero-order chi connectivity index (χ0) is 22.4. The van der Waals surface area contributed by atoms with Gasteiger partial charge in [-0.2, -0.15) is 0 Å². The van der Waals surface area contributed by atoms with Crippen LogP contribution in [0.3, 0.4) is 0 Å². The van der Waals surface area contributed by atoms with Gasteiger partial charge in [0.1, 0.15) is 6.61 Å². The highest BCUT2D eigenvalue weighted by molar-refractivity contribution is 5.89. The Morgan fingerprint density at radius 3 is 1.84 bits per heavy atom. The molecule has 0 spiro atoms. The normalized spacial score (nSPS) is 11.2. The van der Waals surface area contributed by atoms with E-state index in [1.165, 1.54) is 89.9 Å². The van der Waals surface area contributed by atoms with Gasteiger partial charge < -0.3 is 15.2 Å². The summed E-state index contributed by atoms with van der Waals surface area (Å²) in [6.07, 6.45) is 22.4. The molecular formula is C27H45NO3. The number of benzene rings is 1. The van der Waals surface area contributed by atoms with Crippen molar-refractivity contribution in [1.82, 2.24) is 0 Å². The number of anilines is 1. The Morgan fingerprint density at radius 1 is 0.806 bits per heavy atom. The lowest BCUT2D eigenvalue weighted by molar-refractivity contribution is 0.0549. The molecule has 1 aromatic carbocycles. The standard InChI is InChI=1S/C27H45NO3/c1-2-3-4-5-6-7-8-9-10-11-12-13-14-15-22-28-26-20-18-25(19-21-26)27(30)31-24-17-16-23-29/h16-21,28-29H,2-15,22-24H2,1H3. The van der Waals surface area contributed by atoms with Crippen LogP contribution >= 0.6 is 0 Å². The molecule has 0 aliphatic carbocycles. The molecule has 0 saturated carbocycles. The number of nitrogens with one attached hydrogen (secondary N) is 1. The van der Waals surface area contributed by atoms with Crippen molar-refractivity contribution < 1.29 is 14.6 Å². The number of carbonyl (C=O) groups is 1. The second kappa shape index (κ2) is 20.1. The van der Waals surface area contributed by atoms with Gasteiger partial charge in [0.25, 0.3) is 0 Å². The molecule has 0 aliphatic heterocycles. The fourth-order valence-electron chi connectivity index (χ4n) is 3.63. The minimum absolute atomic E-state index is 0.0444. The maximum absolute atomic E-state index is 11.9. The largest absolute Gasteiger partial charge is 0.458 e. The molecule has 0 fully saturated rings. The number of carbonyl (C=O) groups excluding carboxylic acids is 1. The van der Waals surface area contributed by atoms with E-state index >= 15 is 0 Å². The summed E-state index contributed by atoms with van der Waals surface area (Å²) in [5.74, 6) is -0.346. The summed E-state index contributed by atoms with van der Waals surface area (Å²) >= 11 is 0. The van der Waals surface area contributed by atoms with Crippen molar-refractivity contribution in [2.24, 2.45) is 0 Å². The Balaban J connectivity index is 1.94. The predicted molar refractivity (Wildman–Crippen MR) is 132 cm³/mol. The number of esters is 1. The maximum Gasteiger partial charge on any atom is 0.338 e. The molecule has 0 bridgehead atoms. The van der Waals surface area contributed by atoms with E-state index in [1.807, 2.05) is 12.1 Å². The van der Waals surface area contributed by atoms with Gasteiger partial charge in [-0.05, 0) is 36.8 Å². The monoisotopic (exact) mass is 431 g/mol. The van der Waals surface area contributed by atoms with Crippen LogP contribution in [0, 0.1) is 0 Å². The van der Waals surface area contributed by atoms with E-state index in [9.17, 15) is 4.79 Å². The van der Waals surface area contributed by atoms with Crippen LogP contribution in [-0.4, -0.2) is 30.8 Å². The summed E-state index contributed by atoms with van der Waals surface area (Å²) in [7, 11) is 0. The van der Waals surface area contributed by atoms with Gasteiger partial charge >= 0.3 is 5.97 Å². The van der Waals surface area contributed by atoms with Gasteiger partial charge in [-0.25, -0.2) is 4.79 Å². The Hall–Kier alpha value is -1.81. The zero-order valence-electron chi connectivity index (χ0n) is 19.7. The molecule has 176 valence electrons. The lowest BCUT2D eigenvalue weighted by Crippen LogP contribution is -2.06. The average Bonchev–Trinajstić information content (AvgIpc) is 2.79. The molecule has 0 aliphatic rings. The highest BCUT2D eigenvalue weighted by Gasteiger charge is 2.05. The molecular weight excluding hydrogens is 386 g/mol. The van der Waals surface area contributed by atoms with Crippen molar-refractivity contribution in [3.63, 3.8) is 0 Å². The van der Waals surface area contributed by atoms with Crippen LogP contribution in [0.25, 0.3) is 0 Å². The van der Waals surface area contributed by atoms with E-state index in [4.69, 9.17) is 9.84 Å². The van der Waals surface area contributed by atoms with Gasteiger partial charge in [-0.1, -0.05) is 96.5 Å². The third-order valence-electron chi connectivity index (χ3n) is 5.56. The quantitative estimate of drug-likeness (QED) is 0.129. The third-order valence-corrected chi connectivity index (χ3v) is 5.56. The first-order chi connectivity index (χ1) is 15.3. The fraction of sp³-hybridized carbons (Fsp3) is 0.667. The van der Waals surface area contributed by atoms with Gasteiger partial charge in [0.2, 0.25) is 0 Å². The molecule has 0 heterocycles. The van der Waals surface area contributed by atoms with Crippen molar-refractivity contribution in [2.75, 3.05) is 25.1 Å². The summed E-state index contributed by atoms with van der Waals surface area (Å²) in [4.78, 5) is 11.9. The number of aliphatic hydroxyl groups is 1. The lowest BCUT2D eigenvalue weighted by Gasteiger charge is -2.08. The van der Waals surface area contributed by atoms with Crippen LogP contribution in [0.1, 0.15) is 107 Å². The van der Waals surface area contributed by atoms with Crippen LogP contribution < -0.4 is 5.32 Å². The van der Waals surface area contributed by atoms with E-state index in [0.29, 0.717) is 5.56 Å². The second-order valence-corrected chi connectivity index (χ2v) is 8.35. The first kappa shape index (κ1) is 27.2. The summed E-state index contributed by atoms with van der Waals surface area (Å²) in [6.45, 7) is 3.38. The van der Waals surface area contributed by atoms with E-state index in [0.717, 1.165) is 12.2 Å². The van der Waals surface area contributed by atoms with Crippen molar-refractivity contribution in [3.05, 3.63) is 42.0 Å². The van der Waals surface area contributed by atoms with Gasteiger partial charge in [0, 0.05) is 12.2 Å². The lowest BCUT2D eigenvalue weighted by atomic mass is 10.0. The fourth-order valence-corrected chi connectivity index (χ4v) is 3.63. The number of aliphatic hydroxyl groups excluding tert-OH is 1. The summed E-state index contributed by atoms with van der Waals surface area (Å²) in [5, 5.41) is 12.1. The molecule has 4 heteroatoms. The zero-order valence-corrected chi connectivity index (χ0v) is 19.7. The highest BCUT2D eigenvalue weighted by Crippen LogP contribution is 2.14. The molecule has 31 heavy (non-hydrogen) atoms. The molecule has 0 aromatic heterocycles. The van der Waals surface area contributed by atoms with Gasteiger partial charge in [0.05, 0.1) is 12.2 Å². The number of hydrogen-bond donors (Lipinski definition) is 2. The average molecular weight is 432 g/mol. The van der Waals surface area contributed by atoms with Crippen LogP contribution in [0.5, 0.6) is 0 Å². The van der Waals surface area contributed by atoms with Crippen LogP contribution in [-0.2, 0) is 4.74 Å². The number of unbranched alkanes of at least 4 members (excludes halogenated alkanes) is 13. The van der Waals surface area contributed by atoms with Crippen molar-refractivity contribution in [3.8, 4) is 0 Å². The highest BCUT2D eigenvalue weighted by atomic mass is 16.5. The van der Waals surface area contributed by atoms with Crippen molar-refractivity contribution in [2.45, 2.75) is 96.8 Å². The molecule has 0 radical (unpaired) electrons. The van der Waals surface area contributed by atoms with Gasteiger partial charge in [-0.3, -0.25) is 0 Å².